The molecule has 200 valence electrons. The number of aromatic nitrogens is 5. The van der Waals surface area contributed by atoms with E-state index in [4.69, 9.17) is 14.9 Å². The van der Waals surface area contributed by atoms with Gasteiger partial charge in [-0.1, -0.05) is 11.8 Å². The quantitative estimate of drug-likeness (QED) is 0.188. The number of hydrogen-bond donors (Lipinski definition) is 4. The Morgan fingerprint density at radius 3 is 2.70 bits per heavy atom. The molecule has 6 rings (SSSR count). The van der Waals surface area contributed by atoms with E-state index < -0.39 is 36.1 Å². The van der Waals surface area contributed by atoms with Gasteiger partial charge in [0.25, 0.3) is 5.91 Å². The lowest BCUT2D eigenvalue weighted by Gasteiger charge is -2.17. The Balaban J connectivity index is 1.30. The largest absolute Gasteiger partial charge is 0.423 e. The molecule has 40 heavy (non-hydrogen) atoms. The van der Waals surface area contributed by atoms with Crippen LogP contribution in [0.5, 0.6) is 0 Å². The minimum absolute atomic E-state index is 0.151. The first kappa shape index (κ1) is 25.1. The van der Waals surface area contributed by atoms with Gasteiger partial charge in [-0.25, -0.2) is 24.7 Å². The van der Waals surface area contributed by atoms with Crippen molar-refractivity contribution < 1.29 is 24.2 Å². The Morgan fingerprint density at radius 1 is 1.10 bits per heavy atom. The Labute approximate surface area is 225 Å². The zero-order valence-corrected chi connectivity index (χ0v) is 20.8. The highest BCUT2D eigenvalue weighted by Gasteiger charge is 2.48. The standard InChI is InChI=1S/C27H21N7O6/c1-13-6-19(35)39-18-7-16(4-5-17(13)18)33-26(38)23-21(36)22(37)27(40-23)34-10-15(3-2-14-8-29-11-30-9-14)20-24(28)31-12-32-25(20)34/h4-12,21-23,27,36-37H,1H3,(H,33,38)(H2,28,31,32). The molecule has 0 bridgehead atoms. The summed E-state index contributed by atoms with van der Waals surface area (Å²) in [6.45, 7) is 1.78. The summed E-state index contributed by atoms with van der Waals surface area (Å²) in [5.74, 6) is 5.36. The lowest BCUT2D eigenvalue weighted by molar-refractivity contribution is -0.132. The van der Waals surface area contributed by atoms with Crippen LogP contribution >= 0.6 is 0 Å². The normalized spacial score (nSPS) is 20.4. The van der Waals surface area contributed by atoms with E-state index in [0.717, 1.165) is 5.56 Å². The van der Waals surface area contributed by atoms with E-state index in [-0.39, 0.29) is 5.82 Å². The zero-order valence-electron chi connectivity index (χ0n) is 20.8. The maximum atomic E-state index is 13.1. The van der Waals surface area contributed by atoms with Crippen LogP contribution in [0, 0.1) is 18.8 Å². The van der Waals surface area contributed by atoms with E-state index in [0.29, 0.717) is 38.8 Å². The summed E-state index contributed by atoms with van der Waals surface area (Å²) in [5, 5.41) is 25.4. The highest BCUT2D eigenvalue weighted by Crippen LogP contribution is 2.35. The molecule has 0 saturated carbocycles. The number of fused-ring (bicyclic) bond motifs is 2. The number of carbonyl (C=O) groups is 1. The van der Waals surface area contributed by atoms with Gasteiger partial charge in [0.05, 0.1) is 16.5 Å². The summed E-state index contributed by atoms with van der Waals surface area (Å²) in [5.41, 5.74) is 8.23. The van der Waals surface area contributed by atoms with Gasteiger partial charge in [-0.2, -0.15) is 0 Å². The van der Waals surface area contributed by atoms with Gasteiger partial charge in [0.1, 0.15) is 41.9 Å². The molecule has 1 aliphatic heterocycles. The number of benzene rings is 1. The molecular weight excluding hydrogens is 518 g/mol. The third-order valence-corrected chi connectivity index (χ3v) is 6.53. The number of amides is 1. The van der Waals surface area contributed by atoms with E-state index in [9.17, 15) is 19.8 Å². The van der Waals surface area contributed by atoms with Crippen LogP contribution < -0.4 is 16.7 Å². The van der Waals surface area contributed by atoms with Crippen LogP contribution in [-0.4, -0.2) is 58.9 Å². The lowest BCUT2D eigenvalue weighted by atomic mass is 10.1. The molecule has 4 aromatic heterocycles. The number of ether oxygens (including phenoxy) is 1. The number of aliphatic hydroxyl groups is 2. The van der Waals surface area contributed by atoms with Crippen molar-refractivity contribution in [2.45, 2.75) is 31.5 Å². The fraction of sp³-hybridized carbons (Fsp3) is 0.185. The second-order valence-corrected chi connectivity index (χ2v) is 9.16. The predicted octanol–water partition coefficient (Wildman–Crippen LogP) is 0.876. The number of rotatable bonds is 3. The van der Waals surface area contributed by atoms with Crippen LogP contribution in [0.4, 0.5) is 11.5 Å². The smallest absolute Gasteiger partial charge is 0.336 e. The molecule has 5 N–H and O–H groups in total. The number of anilines is 2. The molecule has 13 heteroatoms. The predicted molar refractivity (Wildman–Crippen MR) is 142 cm³/mol. The van der Waals surface area contributed by atoms with Crippen LogP contribution in [-0.2, 0) is 9.53 Å². The SMILES string of the molecule is Cc1cc(=O)oc2cc(NC(=O)C3OC(n4cc(C#Cc5cncnc5)c5c(N)ncnc54)C(O)C3O)ccc12. The first-order valence-corrected chi connectivity index (χ1v) is 12.0. The molecule has 1 aliphatic rings. The van der Waals surface area contributed by atoms with E-state index in [2.05, 4.69) is 37.1 Å². The molecule has 4 unspecified atom stereocenters. The van der Waals surface area contributed by atoms with E-state index in [1.807, 2.05) is 0 Å². The van der Waals surface area contributed by atoms with Gasteiger partial charge in [-0.05, 0) is 24.6 Å². The molecule has 4 atom stereocenters. The van der Waals surface area contributed by atoms with Gasteiger partial charge in [0.15, 0.2) is 12.3 Å². The first-order valence-electron chi connectivity index (χ1n) is 12.0. The summed E-state index contributed by atoms with van der Waals surface area (Å²) in [7, 11) is 0. The van der Waals surface area contributed by atoms with Crippen molar-refractivity contribution in [3.8, 4) is 11.8 Å². The lowest BCUT2D eigenvalue weighted by Crippen LogP contribution is -2.39. The Hall–Kier alpha value is -5.16. The first-order chi connectivity index (χ1) is 19.3. The average molecular weight is 540 g/mol. The molecule has 0 radical (unpaired) electrons. The fourth-order valence-corrected chi connectivity index (χ4v) is 4.62. The van der Waals surface area contributed by atoms with Gasteiger partial charge in [-0.3, -0.25) is 4.79 Å². The molecule has 1 aromatic carbocycles. The second kappa shape index (κ2) is 9.86. The van der Waals surface area contributed by atoms with Gasteiger partial charge in [0, 0.05) is 41.8 Å². The summed E-state index contributed by atoms with van der Waals surface area (Å²) in [6.07, 6.45) is 1.58. The number of nitrogens with one attached hydrogen (secondary N) is 1. The number of nitrogen functional groups attached to an aromatic ring is 1. The van der Waals surface area contributed by atoms with Gasteiger partial charge in [0.2, 0.25) is 0 Å². The number of aliphatic hydroxyl groups excluding tert-OH is 2. The van der Waals surface area contributed by atoms with Gasteiger partial charge < -0.3 is 35.0 Å². The van der Waals surface area contributed by atoms with Crippen molar-refractivity contribution in [3.63, 3.8) is 0 Å². The third kappa shape index (κ3) is 4.41. The minimum Gasteiger partial charge on any atom is -0.423 e. The topological polar surface area (TPSA) is 192 Å². The Morgan fingerprint density at radius 2 is 1.90 bits per heavy atom. The van der Waals surface area contributed by atoms with Crippen LogP contribution in [0.3, 0.4) is 0 Å². The van der Waals surface area contributed by atoms with E-state index in [1.54, 1.807) is 37.6 Å². The van der Waals surface area contributed by atoms with Crippen molar-refractivity contribution in [1.29, 1.82) is 0 Å². The second-order valence-electron chi connectivity index (χ2n) is 9.16. The number of nitrogens with zero attached hydrogens (tertiary/aromatic N) is 5. The Kier molecular flexibility index (Phi) is 6.20. The monoisotopic (exact) mass is 539 g/mol. The van der Waals surface area contributed by atoms with Crippen LogP contribution in [0.25, 0.3) is 22.0 Å². The molecule has 0 aliphatic carbocycles. The summed E-state index contributed by atoms with van der Waals surface area (Å²) in [4.78, 5) is 41.0. The molecule has 5 aromatic rings. The number of aryl methyl sites for hydroxylation is 1. The maximum absolute atomic E-state index is 13.1. The maximum Gasteiger partial charge on any atom is 0.336 e. The van der Waals surface area contributed by atoms with Crippen molar-refractivity contribution in [2.24, 2.45) is 0 Å². The Bertz CT molecular complexity index is 1890. The zero-order chi connectivity index (χ0) is 28.0. The average Bonchev–Trinajstić information content (AvgIpc) is 3.45. The van der Waals surface area contributed by atoms with Crippen LogP contribution in [0.2, 0.25) is 0 Å². The summed E-state index contributed by atoms with van der Waals surface area (Å²) < 4.78 is 12.5. The molecule has 13 nitrogen and oxygen atoms in total. The van der Waals surface area contributed by atoms with Gasteiger partial charge in [-0.15, -0.1) is 0 Å². The third-order valence-electron chi connectivity index (χ3n) is 6.53. The van der Waals surface area contributed by atoms with Crippen molar-refractivity contribution in [2.75, 3.05) is 11.1 Å². The molecule has 1 fully saturated rings. The van der Waals surface area contributed by atoms with E-state index in [1.165, 1.54) is 29.4 Å². The minimum atomic E-state index is -1.57. The van der Waals surface area contributed by atoms with E-state index >= 15 is 0 Å². The summed E-state index contributed by atoms with van der Waals surface area (Å²) >= 11 is 0. The summed E-state index contributed by atoms with van der Waals surface area (Å²) in [6, 6.07) is 6.21. The molecule has 1 saturated heterocycles. The van der Waals surface area contributed by atoms with Crippen molar-refractivity contribution in [3.05, 3.63) is 82.6 Å². The fourth-order valence-electron chi connectivity index (χ4n) is 4.62. The molecule has 5 heterocycles. The van der Waals surface area contributed by atoms with Crippen LogP contribution in [0.15, 0.2) is 64.7 Å². The number of hydrogen-bond acceptors (Lipinski definition) is 11. The number of carbonyl (C=O) groups excluding carboxylic acids is 1. The van der Waals surface area contributed by atoms with Crippen LogP contribution in [0.1, 0.15) is 22.9 Å². The molecular formula is C27H21N7O6. The van der Waals surface area contributed by atoms with Gasteiger partial charge >= 0.3 is 5.63 Å². The highest BCUT2D eigenvalue weighted by molar-refractivity contribution is 5.97. The molecule has 0 spiro atoms. The number of nitrogens with two attached hydrogens (primary N) is 1. The van der Waals surface area contributed by atoms with Crippen molar-refractivity contribution in [1.82, 2.24) is 24.5 Å². The highest BCUT2D eigenvalue weighted by atomic mass is 16.6. The van der Waals surface area contributed by atoms with Crippen molar-refractivity contribution >= 4 is 39.4 Å². The molecule has 1 amide bonds.